The van der Waals surface area contributed by atoms with Crippen LogP contribution in [-0.2, 0) is 17.0 Å². The van der Waals surface area contributed by atoms with Crippen LogP contribution in [0.3, 0.4) is 0 Å². The molecule has 1 saturated heterocycles. The minimum absolute atomic E-state index is 0.0179. The zero-order valence-corrected chi connectivity index (χ0v) is 18.0. The maximum atomic E-state index is 13.2. The van der Waals surface area contributed by atoms with Gasteiger partial charge in [-0.25, -0.2) is 9.07 Å². The molecule has 32 heavy (non-hydrogen) atoms. The SMILES string of the molecule is NC(=O)c1ccc(NC(=O)c2c(CSc3ccc(F)cc3)nnn2CC2CCCO2)cc1. The fraction of sp³-hybridized carbons (Fsp3) is 0.273. The molecule has 1 aliphatic heterocycles. The second kappa shape index (κ2) is 9.92. The molecule has 8 nitrogen and oxygen atoms in total. The van der Waals surface area contributed by atoms with Gasteiger partial charge in [0, 0.05) is 28.5 Å². The van der Waals surface area contributed by atoms with Crippen molar-refractivity contribution in [2.24, 2.45) is 5.73 Å². The number of hydrogen-bond donors (Lipinski definition) is 2. The van der Waals surface area contributed by atoms with Crippen molar-refractivity contribution in [1.82, 2.24) is 15.0 Å². The number of nitrogens with two attached hydrogens (primary N) is 1. The van der Waals surface area contributed by atoms with Gasteiger partial charge in [0.05, 0.1) is 12.6 Å². The lowest BCUT2D eigenvalue weighted by Crippen LogP contribution is -2.24. The van der Waals surface area contributed by atoms with Gasteiger partial charge in [0.2, 0.25) is 5.91 Å². The maximum absolute atomic E-state index is 13.2. The number of carbonyl (C=O) groups is 2. The highest BCUT2D eigenvalue weighted by Crippen LogP contribution is 2.25. The van der Waals surface area contributed by atoms with Crippen LogP contribution in [0.15, 0.2) is 53.4 Å². The number of aromatic nitrogens is 3. The van der Waals surface area contributed by atoms with E-state index in [4.69, 9.17) is 10.5 Å². The second-order valence-corrected chi connectivity index (χ2v) is 8.39. The molecule has 2 heterocycles. The molecule has 4 rings (SSSR count). The van der Waals surface area contributed by atoms with Crippen LogP contribution in [-0.4, -0.2) is 39.5 Å². The van der Waals surface area contributed by atoms with Gasteiger partial charge < -0.3 is 15.8 Å². The third kappa shape index (κ3) is 5.32. The highest BCUT2D eigenvalue weighted by atomic mass is 32.2. The Morgan fingerprint density at radius 2 is 1.94 bits per heavy atom. The Bertz CT molecular complexity index is 1100. The molecule has 166 valence electrons. The van der Waals surface area contributed by atoms with Gasteiger partial charge in [-0.05, 0) is 61.4 Å². The second-order valence-electron chi connectivity index (χ2n) is 7.34. The molecule has 3 N–H and O–H groups in total. The van der Waals surface area contributed by atoms with Crippen LogP contribution < -0.4 is 11.1 Å². The first-order chi connectivity index (χ1) is 15.5. The normalized spacial score (nSPS) is 15.6. The van der Waals surface area contributed by atoms with Crippen LogP contribution in [0.1, 0.15) is 39.4 Å². The summed E-state index contributed by atoms with van der Waals surface area (Å²) in [5.74, 6) is -0.823. The lowest BCUT2D eigenvalue weighted by atomic mass is 10.2. The molecular formula is C22H22FN5O3S. The number of ether oxygens (including phenoxy) is 1. The van der Waals surface area contributed by atoms with Crippen molar-refractivity contribution in [2.45, 2.75) is 36.1 Å². The van der Waals surface area contributed by atoms with E-state index in [1.807, 2.05) is 0 Å². The number of amides is 2. The summed E-state index contributed by atoms with van der Waals surface area (Å²) in [6.45, 7) is 1.12. The molecule has 1 aliphatic rings. The number of benzene rings is 2. The number of anilines is 1. The monoisotopic (exact) mass is 455 g/mol. The zero-order valence-electron chi connectivity index (χ0n) is 17.2. The van der Waals surface area contributed by atoms with E-state index in [0.29, 0.717) is 41.5 Å². The molecule has 1 aromatic heterocycles. The van der Waals surface area contributed by atoms with Crippen LogP contribution in [0.4, 0.5) is 10.1 Å². The van der Waals surface area contributed by atoms with E-state index < -0.39 is 5.91 Å². The van der Waals surface area contributed by atoms with Crippen molar-refractivity contribution in [3.05, 3.63) is 71.3 Å². The molecular weight excluding hydrogens is 433 g/mol. The molecule has 1 atom stereocenters. The third-order valence-corrected chi connectivity index (χ3v) is 6.06. The topological polar surface area (TPSA) is 112 Å². The van der Waals surface area contributed by atoms with Crippen LogP contribution in [0.2, 0.25) is 0 Å². The predicted molar refractivity (Wildman–Crippen MR) is 118 cm³/mol. The summed E-state index contributed by atoms with van der Waals surface area (Å²) in [6.07, 6.45) is 1.85. The molecule has 3 aromatic rings. The average Bonchev–Trinajstić information content (AvgIpc) is 3.44. The largest absolute Gasteiger partial charge is 0.376 e. The number of thioether (sulfide) groups is 1. The highest BCUT2D eigenvalue weighted by Gasteiger charge is 2.25. The van der Waals surface area contributed by atoms with Gasteiger partial charge in [0.1, 0.15) is 11.5 Å². The molecule has 10 heteroatoms. The Balaban J connectivity index is 1.54. The Hall–Kier alpha value is -3.24. The fourth-order valence-electron chi connectivity index (χ4n) is 3.39. The van der Waals surface area contributed by atoms with Crippen molar-refractivity contribution in [3.8, 4) is 0 Å². The number of carbonyl (C=O) groups excluding carboxylic acids is 2. The molecule has 1 unspecified atom stereocenters. The number of nitrogens with one attached hydrogen (secondary N) is 1. The van der Waals surface area contributed by atoms with Gasteiger partial charge in [0.15, 0.2) is 5.69 Å². The smallest absolute Gasteiger partial charge is 0.275 e. The van der Waals surface area contributed by atoms with Gasteiger partial charge in [-0.1, -0.05) is 5.21 Å². The Kier molecular flexibility index (Phi) is 6.81. The number of rotatable bonds is 8. The van der Waals surface area contributed by atoms with Crippen LogP contribution in [0, 0.1) is 5.82 Å². The molecule has 0 saturated carbocycles. The Labute approximate surface area is 188 Å². The van der Waals surface area contributed by atoms with E-state index in [1.54, 1.807) is 41.1 Å². The molecule has 0 radical (unpaired) electrons. The number of primary amides is 1. The van der Waals surface area contributed by atoms with Crippen molar-refractivity contribution in [2.75, 3.05) is 11.9 Å². The summed E-state index contributed by atoms with van der Waals surface area (Å²) >= 11 is 1.44. The minimum Gasteiger partial charge on any atom is -0.376 e. The zero-order chi connectivity index (χ0) is 22.5. The van der Waals surface area contributed by atoms with E-state index in [2.05, 4.69) is 15.6 Å². The van der Waals surface area contributed by atoms with Crippen molar-refractivity contribution in [1.29, 1.82) is 0 Å². The summed E-state index contributed by atoms with van der Waals surface area (Å²) in [5, 5.41) is 11.3. The van der Waals surface area contributed by atoms with Crippen molar-refractivity contribution >= 4 is 29.3 Å². The van der Waals surface area contributed by atoms with E-state index in [0.717, 1.165) is 17.7 Å². The minimum atomic E-state index is -0.540. The maximum Gasteiger partial charge on any atom is 0.275 e. The summed E-state index contributed by atoms with van der Waals surface area (Å²) < 4.78 is 20.4. The molecule has 0 aliphatic carbocycles. The first-order valence-corrected chi connectivity index (χ1v) is 11.1. The summed E-state index contributed by atoms with van der Waals surface area (Å²) in [4.78, 5) is 25.3. The van der Waals surface area contributed by atoms with Crippen LogP contribution >= 0.6 is 11.8 Å². The molecule has 0 bridgehead atoms. The van der Waals surface area contributed by atoms with Gasteiger partial charge >= 0.3 is 0 Å². The van der Waals surface area contributed by atoms with Crippen LogP contribution in [0.25, 0.3) is 0 Å². The standard InChI is InChI=1S/C22H22FN5O3S/c23-15-5-9-18(10-6-15)32-13-19-20(28(27-26-19)12-17-2-1-11-31-17)22(30)25-16-7-3-14(4-8-16)21(24)29/h3-10,17H,1-2,11-13H2,(H2,24,29)(H,25,30). The molecule has 1 fully saturated rings. The van der Waals surface area contributed by atoms with Crippen LogP contribution in [0.5, 0.6) is 0 Å². The Morgan fingerprint density at radius 1 is 1.19 bits per heavy atom. The summed E-state index contributed by atoms with van der Waals surface area (Å²) in [5.41, 5.74) is 6.99. The average molecular weight is 456 g/mol. The third-order valence-electron chi connectivity index (χ3n) is 5.04. The number of hydrogen-bond acceptors (Lipinski definition) is 6. The lowest BCUT2D eigenvalue weighted by molar-refractivity contribution is 0.0898. The first kappa shape index (κ1) is 22.0. The van der Waals surface area contributed by atoms with E-state index >= 15 is 0 Å². The van der Waals surface area contributed by atoms with Gasteiger partial charge in [-0.15, -0.1) is 16.9 Å². The lowest BCUT2D eigenvalue weighted by Gasteiger charge is -2.13. The van der Waals surface area contributed by atoms with E-state index in [9.17, 15) is 14.0 Å². The first-order valence-electron chi connectivity index (χ1n) is 10.1. The van der Waals surface area contributed by atoms with E-state index in [1.165, 1.54) is 23.9 Å². The van der Waals surface area contributed by atoms with Gasteiger partial charge in [-0.3, -0.25) is 9.59 Å². The van der Waals surface area contributed by atoms with E-state index in [-0.39, 0.29) is 17.8 Å². The summed E-state index contributed by atoms with van der Waals surface area (Å²) in [6, 6.07) is 12.4. The van der Waals surface area contributed by atoms with Crippen molar-refractivity contribution < 1.29 is 18.7 Å². The molecule has 0 spiro atoms. The molecule has 2 amide bonds. The number of nitrogens with zero attached hydrogens (tertiary/aromatic N) is 3. The summed E-state index contributed by atoms with van der Waals surface area (Å²) in [7, 11) is 0. The quantitative estimate of drug-likeness (QED) is 0.505. The highest BCUT2D eigenvalue weighted by molar-refractivity contribution is 7.98. The molecule has 2 aromatic carbocycles. The van der Waals surface area contributed by atoms with Gasteiger partial charge in [-0.2, -0.15) is 0 Å². The fourth-order valence-corrected chi connectivity index (χ4v) is 4.22. The Morgan fingerprint density at radius 3 is 2.59 bits per heavy atom. The van der Waals surface area contributed by atoms with Gasteiger partial charge in [0.25, 0.3) is 5.91 Å². The predicted octanol–water partition coefficient (Wildman–Crippen LogP) is 3.24. The number of halogens is 1. The van der Waals surface area contributed by atoms with Crippen molar-refractivity contribution in [3.63, 3.8) is 0 Å².